The molecule has 0 unspecified atom stereocenters. The van der Waals surface area contributed by atoms with Gasteiger partial charge < -0.3 is 15.5 Å². The van der Waals surface area contributed by atoms with Gasteiger partial charge >= 0.3 is 0 Å². The summed E-state index contributed by atoms with van der Waals surface area (Å²) in [6, 6.07) is 0. The number of carbonyl (C=O) groups is 3. The Kier molecular flexibility index (Phi) is 14.6. The molecule has 0 aliphatic rings. The maximum Gasteiger partial charge on any atom is 0.229 e. The highest BCUT2D eigenvalue weighted by molar-refractivity contribution is 5.81. The summed E-state index contributed by atoms with van der Waals surface area (Å²) in [7, 11) is 0. The van der Waals surface area contributed by atoms with E-state index in [-0.39, 0.29) is 50.3 Å². The predicted octanol–water partition coefficient (Wildman–Crippen LogP) is 3.03. The molecule has 0 saturated carbocycles. The van der Waals surface area contributed by atoms with Gasteiger partial charge in [-0.1, -0.05) is 57.2 Å². The number of hydrogen-bond donors (Lipinski definition) is 2. The molecule has 3 amide bonds. The zero-order valence-corrected chi connectivity index (χ0v) is 16.3. The molecule has 0 heterocycles. The minimum absolute atomic E-state index is 0.0721. The number of allylic oxidation sites excluding steroid dienone is 3. The van der Waals surface area contributed by atoms with Crippen molar-refractivity contribution in [2.75, 3.05) is 13.3 Å². The Bertz CT molecular complexity index is 478. The standard InChI is InChI=1S/C20H33N3O3/c1-4-7-10-13-18(24)21-16-23(20(26)15-12-9-6-3)17-22-19(25)14-11-8-5-2/h7-12H,4-6,13-17H2,1-3H3,(H,21,24)(H,22,25)/b10-7-,11-8-,12-9-. The van der Waals surface area contributed by atoms with E-state index in [0.717, 1.165) is 19.3 Å². The van der Waals surface area contributed by atoms with Crippen molar-refractivity contribution in [3.05, 3.63) is 36.5 Å². The van der Waals surface area contributed by atoms with Crippen LogP contribution >= 0.6 is 0 Å². The number of nitrogens with zero attached hydrogens (tertiary/aromatic N) is 1. The van der Waals surface area contributed by atoms with E-state index in [0.29, 0.717) is 0 Å². The second-order valence-electron chi connectivity index (χ2n) is 5.70. The Morgan fingerprint density at radius 3 is 1.42 bits per heavy atom. The Hall–Kier alpha value is -2.37. The molecular weight excluding hydrogens is 330 g/mol. The number of amides is 3. The third kappa shape index (κ3) is 13.0. The molecule has 0 aromatic heterocycles. The van der Waals surface area contributed by atoms with Crippen LogP contribution < -0.4 is 10.6 Å². The summed E-state index contributed by atoms with van der Waals surface area (Å²) >= 11 is 0. The third-order valence-electron chi connectivity index (χ3n) is 3.39. The van der Waals surface area contributed by atoms with Crippen LogP contribution in [0.3, 0.4) is 0 Å². The van der Waals surface area contributed by atoms with Crippen LogP contribution in [0.25, 0.3) is 0 Å². The summed E-state index contributed by atoms with van der Waals surface area (Å²) in [5.41, 5.74) is 0. The molecule has 0 bridgehead atoms. The van der Waals surface area contributed by atoms with Gasteiger partial charge in [-0.3, -0.25) is 14.4 Å². The van der Waals surface area contributed by atoms with Crippen molar-refractivity contribution < 1.29 is 14.4 Å². The van der Waals surface area contributed by atoms with Crippen LogP contribution in [0.15, 0.2) is 36.5 Å². The second kappa shape index (κ2) is 16.1. The van der Waals surface area contributed by atoms with Gasteiger partial charge in [0.1, 0.15) is 0 Å². The molecule has 0 aromatic rings. The first-order valence-corrected chi connectivity index (χ1v) is 9.31. The molecule has 0 saturated heterocycles. The fourth-order valence-electron chi connectivity index (χ4n) is 1.94. The molecule has 0 radical (unpaired) electrons. The van der Waals surface area contributed by atoms with Crippen LogP contribution in [0, 0.1) is 0 Å². The number of hydrogen-bond acceptors (Lipinski definition) is 3. The van der Waals surface area contributed by atoms with Crippen molar-refractivity contribution in [1.29, 1.82) is 0 Å². The van der Waals surface area contributed by atoms with Gasteiger partial charge in [0.05, 0.1) is 13.3 Å². The van der Waals surface area contributed by atoms with Crippen molar-refractivity contribution in [3.8, 4) is 0 Å². The maximum absolute atomic E-state index is 12.3. The normalized spacial score (nSPS) is 11.3. The maximum atomic E-state index is 12.3. The first kappa shape index (κ1) is 23.6. The molecule has 0 aromatic carbocycles. The molecule has 0 spiro atoms. The summed E-state index contributed by atoms with van der Waals surface area (Å²) in [6.07, 6.45) is 14.6. The van der Waals surface area contributed by atoms with E-state index >= 15 is 0 Å². The van der Waals surface area contributed by atoms with Crippen LogP contribution in [0.4, 0.5) is 0 Å². The molecule has 6 heteroatoms. The lowest BCUT2D eigenvalue weighted by Gasteiger charge is -2.23. The Labute approximate surface area is 157 Å². The van der Waals surface area contributed by atoms with Crippen LogP contribution in [0.5, 0.6) is 0 Å². The lowest BCUT2D eigenvalue weighted by molar-refractivity contribution is -0.132. The van der Waals surface area contributed by atoms with E-state index in [2.05, 4.69) is 10.6 Å². The monoisotopic (exact) mass is 363 g/mol. The fourth-order valence-corrected chi connectivity index (χ4v) is 1.94. The predicted molar refractivity (Wildman–Crippen MR) is 105 cm³/mol. The van der Waals surface area contributed by atoms with Crippen LogP contribution in [-0.2, 0) is 14.4 Å². The summed E-state index contributed by atoms with van der Waals surface area (Å²) < 4.78 is 0. The zero-order valence-electron chi connectivity index (χ0n) is 16.3. The summed E-state index contributed by atoms with van der Waals surface area (Å²) in [4.78, 5) is 37.4. The van der Waals surface area contributed by atoms with E-state index in [1.807, 2.05) is 39.0 Å². The lowest BCUT2D eigenvalue weighted by atomic mass is 10.3. The Morgan fingerprint density at radius 1 is 0.654 bits per heavy atom. The van der Waals surface area contributed by atoms with E-state index in [1.165, 1.54) is 4.90 Å². The molecule has 0 fully saturated rings. The van der Waals surface area contributed by atoms with E-state index in [4.69, 9.17) is 0 Å². The average molecular weight is 364 g/mol. The van der Waals surface area contributed by atoms with Crippen molar-refractivity contribution in [2.45, 2.75) is 59.3 Å². The van der Waals surface area contributed by atoms with Crippen molar-refractivity contribution in [3.63, 3.8) is 0 Å². The Balaban J connectivity index is 4.58. The molecule has 0 aliphatic carbocycles. The lowest BCUT2D eigenvalue weighted by Crippen LogP contribution is -2.46. The van der Waals surface area contributed by atoms with Gasteiger partial charge in [-0.15, -0.1) is 0 Å². The van der Waals surface area contributed by atoms with Gasteiger partial charge in [0.2, 0.25) is 17.7 Å². The summed E-state index contributed by atoms with van der Waals surface area (Å²) in [6.45, 7) is 6.13. The van der Waals surface area contributed by atoms with E-state index in [9.17, 15) is 14.4 Å². The molecule has 0 aliphatic heterocycles. The van der Waals surface area contributed by atoms with E-state index in [1.54, 1.807) is 18.2 Å². The molecule has 2 N–H and O–H groups in total. The highest BCUT2D eigenvalue weighted by Crippen LogP contribution is 1.96. The smallest absolute Gasteiger partial charge is 0.229 e. The number of nitrogens with one attached hydrogen (secondary N) is 2. The van der Waals surface area contributed by atoms with Crippen LogP contribution in [0.1, 0.15) is 59.3 Å². The summed E-state index contributed by atoms with van der Waals surface area (Å²) in [5.74, 6) is -0.467. The van der Waals surface area contributed by atoms with Crippen LogP contribution in [0.2, 0.25) is 0 Å². The number of rotatable bonds is 13. The van der Waals surface area contributed by atoms with Crippen molar-refractivity contribution in [2.24, 2.45) is 0 Å². The molecule has 146 valence electrons. The van der Waals surface area contributed by atoms with E-state index < -0.39 is 0 Å². The molecule has 0 rings (SSSR count). The quantitative estimate of drug-likeness (QED) is 0.390. The fraction of sp³-hybridized carbons (Fsp3) is 0.550. The SMILES string of the molecule is CC/C=C\CC(=O)NCN(CNC(=O)C/C=C\CC)C(=O)C/C=C\CC. The first-order chi connectivity index (χ1) is 12.5. The van der Waals surface area contributed by atoms with Gasteiger partial charge in [-0.25, -0.2) is 0 Å². The topological polar surface area (TPSA) is 78.5 Å². The number of carbonyl (C=O) groups excluding carboxylic acids is 3. The average Bonchev–Trinajstić information content (AvgIpc) is 2.62. The second-order valence-corrected chi connectivity index (χ2v) is 5.70. The highest BCUT2D eigenvalue weighted by atomic mass is 16.2. The minimum atomic E-state index is -0.159. The molecule has 0 atom stereocenters. The van der Waals surface area contributed by atoms with Gasteiger partial charge in [-0.2, -0.15) is 0 Å². The minimum Gasteiger partial charge on any atom is -0.338 e. The Morgan fingerprint density at radius 2 is 1.04 bits per heavy atom. The first-order valence-electron chi connectivity index (χ1n) is 9.31. The van der Waals surface area contributed by atoms with Crippen molar-refractivity contribution in [1.82, 2.24) is 15.5 Å². The van der Waals surface area contributed by atoms with Crippen LogP contribution in [-0.4, -0.2) is 36.0 Å². The van der Waals surface area contributed by atoms with Gasteiger partial charge in [0, 0.05) is 19.3 Å². The summed E-state index contributed by atoms with van der Waals surface area (Å²) in [5, 5.41) is 5.43. The van der Waals surface area contributed by atoms with Gasteiger partial charge in [-0.05, 0) is 19.3 Å². The third-order valence-corrected chi connectivity index (χ3v) is 3.39. The van der Waals surface area contributed by atoms with Gasteiger partial charge in [0.25, 0.3) is 0 Å². The molecule has 6 nitrogen and oxygen atoms in total. The zero-order chi connectivity index (χ0) is 19.6. The largest absolute Gasteiger partial charge is 0.338 e. The van der Waals surface area contributed by atoms with Crippen molar-refractivity contribution >= 4 is 17.7 Å². The molecular formula is C20H33N3O3. The highest BCUT2D eigenvalue weighted by Gasteiger charge is 2.13. The molecule has 26 heavy (non-hydrogen) atoms. The van der Waals surface area contributed by atoms with Gasteiger partial charge in [0.15, 0.2) is 0 Å².